The van der Waals surface area contributed by atoms with E-state index in [2.05, 4.69) is 30.4 Å². The summed E-state index contributed by atoms with van der Waals surface area (Å²) in [6.07, 6.45) is 4.80. The lowest BCUT2D eigenvalue weighted by atomic mass is 10.4. The molecule has 0 spiro atoms. The van der Waals surface area contributed by atoms with E-state index in [1.165, 1.54) is 0 Å². The molecule has 0 unspecified atom stereocenters. The molecule has 3 rings (SSSR count). The fourth-order valence-corrected chi connectivity index (χ4v) is 2.09. The number of rotatable bonds is 2. The van der Waals surface area contributed by atoms with Crippen LogP contribution in [0.2, 0.25) is 0 Å². The maximum Gasteiger partial charge on any atom is 0.245 e. The van der Waals surface area contributed by atoms with Gasteiger partial charge in [-0.3, -0.25) is 5.10 Å². The highest BCUT2D eigenvalue weighted by molar-refractivity contribution is 5.50. The fraction of sp³-hybridized carbons (Fsp3) is 0.545. The predicted octanol–water partition coefficient (Wildman–Crippen LogP) is 0.00490. The van der Waals surface area contributed by atoms with Crippen LogP contribution in [0.15, 0.2) is 12.5 Å². The van der Waals surface area contributed by atoms with Crippen molar-refractivity contribution in [3.63, 3.8) is 0 Å². The van der Waals surface area contributed by atoms with Crippen LogP contribution in [-0.2, 0) is 7.05 Å². The molecule has 1 aliphatic rings. The van der Waals surface area contributed by atoms with Gasteiger partial charge < -0.3 is 14.8 Å². The third-order valence-electron chi connectivity index (χ3n) is 3.04. The van der Waals surface area contributed by atoms with E-state index in [1.807, 2.05) is 17.8 Å². The van der Waals surface area contributed by atoms with Crippen LogP contribution >= 0.6 is 0 Å². The highest BCUT2D eigenvalue weighted by atomic mass is 15.4. The Morgan fingerprint density at radius 1 is 1.28 bits per heavy atom. The summed E-state index contributed by atoms with van der Waals surface area (Å²) < 4.78 is 1.90. The van der Waals surface area contributed by atoms with Gasteiger partial charge in [0.1, 0.15) is 5.69 Å². The second-order valence-corrected chi connectivity index (χ2v) is 4.50. The van der Waals surface area contributed by atoms with Crippen molar-refractivity contribution >= 4 is 5.95 Å². The molecule has 18 heavy (non-hydrogen) atoms. The normalized spacial score (nSPS) is 16.8. The SMILES string of the molecule is Cn1cnc(-c2nc(N3CCCNCC3)n[nH]2)c1. The van der Waals surface area contributed by atoms with Crippen molar-refractivity contribution in [3.8, 4) is 11.5 Å². The Kier molecular flexibility index (Phi) is 2.97. The largest absolute Gasteiger partial charge is 0.340 e. The molecule has 0 saturated carbocycles. The summed E-state index contributed by atoms with van der Waals surface area (Å²) in [6.45, 7) is 3.98. The molecule has 96 valence electrons. The van der Waals surface area contributed by atoms with Crippen molar-refractivity contribution in [2.24, 2.45) is 7.05 Å². The minimum atomic E-state index is 0.725. The number of hydrogen-bond donors (Lipinski definition) is 2. The second kappa shape index (κ2) is 4.77. The maximum absolute atomic E-state index is 4.51. The Morgan fingerprint density at radius 3 is 3.06 bits per heavy atom. The Hall–Kier alpha value is -1.89. The van der Waals surface area contributed by atoms with Gasteiger partial charge in [-0.2, -0.15) is 4.98 Å². The van der Waals surface area contributed by atoms with Crippen LogP contribution in [0.3, 0.4) is 0 Å². The molecular formula is C11H17N7. The zero-order valence-corrected chi connectivity index (χ0v) is 10.4. The number of nitrogens with one attached hydrogen (secondary N) is 2. The number of aryl methyl sites for hydroxylation is 1. The zero-order chi connectivity index (χ0) is 12.4. The molecular weight excluding hydrogens is 230 g/mol. The van der Waals surface area contributed by atoms with Gasteiger partial charge in [0.25, 0.3) is 0 Å². The lowest BCUT2D eigenvalue weighted by Gasteiger charge is -2.16. The van der Waals surface area contributed by atoms with Gasteiger partial charge in [-0.25, -0.2) is 4.98 Å². The van der Waals surface area contributed by atoms with Crippen molar-refractivity contribution in [1.29, 1.82) is 0 Å². The first-order valence-corrected chi connectivity index (χ1v) is 6.19. The predicted molar refractivity (Wildman–Crippen MR) is 68.3 cm³/mol. The van der Waals surface area contributed by atoms with Crippen molar-refractivity contribution in [1.82, 2.24) is 30.0 Å². The molecule has 1 fully saturated rings. The van der Waals surface area contributed by atoms with Gasteiger partial charge >= 0.3 is 0 Å². The van der Waals surface area contributed by atoms with Crippen LogP contribution in [-0.4, -0.2) is 50.9 Å². The highest BCUT2D eigenvalue weighted by Crippen LogP contribution is 2.15. The third kappa shape index (κ3) is 2.21. The molecule has 2 aromatic heterocycles. The van der Waals surface area contributed by atoms with Gasteiger partial charge in [0.2, 0.25) is 5.95 Å². The van der Waals surface area contributed by atoms with E-state index in [4.69, 9.17) is 0 Å². The second-order valence-electron chi connectivity index (χ2n) is 4.50. The number of H-pyrrole nitrogens is 1. The molecule has 2 aromatic rings. The lowest BCUT2D eigenvalue weighted by molar-refractivity contribution is 0.724. The van der Waals surface area contributed by atoms with Gasteiger partial charge in [0.15, 0.2) is 5.82 Å². The molecule has 0 aliphatic carbocycles. The number of aromatic nitrogens is 5. The number of nitrogens with zero attached hydrogens (tertiary/aromatic N) is 5. The number of aromatic amines is 1. The molecule has 7 heteroatoms. The topological polar surface area (TPSA) is 74.7 Å². The van der Waals surface area contributed by atoms with Gasteiger partial charge in [0.05, 0.1) is 6.33 Å². The standard InChI is InChI=1S/C11H17N7/c1-17-7-9(13-8-17)10-14-11(16-15-10)18-5-2-3-12-4-6-18/h7-8,12H,2-6H2,1H3,(H,14,15,16). The lowest BCUT2D eigenvalue weighted by Crippen LogP contribution is -2.28. The molecule has 1 aliphatic heterocycles. The monoisotopic (exact) mass is 247 g/mol. The molecule has 0 amide bonds. The smallest absolute Gasteiger partial charge is 0.245 e. The first-order chi connectivity index (χ1) is 8.83. The number of hydrogen-bond acceptors (Lipinski definition) is 5. The minimum Gasteiger partial charge on any atom is -0.340 e. The Bertz CT molecular complexity index is 507. The van der Waals surface area contributed by atoms with E-state index in [0.29, 0.717) is 0 Å². The zero-order valence-electron chi connectivity index (χ0n) is 10.4. The van der Waals surface area contributed by atoms with Crippen molar-refractivity contribution in [2.45, 2.75) is 6.42 Å². The van der Waals surface area contributed by atoms with Crippen LogP contribution in [0.4, 0.5) is 5.95 Å². The van der Waals surface area contributed by atoms with Gasteiger partial charge in [-0.05, 0) is 13.0 Å². The highest BCUT2D eigenvalue weighted by Gasteiger charge is 2.15. The van der Waals surface area contributed by atoms with E-state index in [1.54, 1.807) is 6.33 Å². The Balaban J connectivity index is 1.80. The van der Waals surface area contributed by atoms with E-state index >= 15 is 0 Å². The number of anilines is 1. The van der Waals surface area contributed by atoms with Crippen LogP contribution < -0.4 is 10.2 Å². The molecule has 0 radical (unpaired) electrons. The van der Waals surface area contributed by atoms with E-state index < -0.39 is 0 Å². The summed E-state index contributed by atoms with van der Waals surface area (Å²) in [5.41, 5.74) is 0.823. The Labute approximate surface area is 105 Å². The van der Waals surface area contributed by atoms with E-state index in [9.17, 15) is 0 Å². The molecule has 3 heterocycles. The van der Waals surface area contributed by atoms with Crippen LogP contribution in [0.5, 0.6) is 0 Å². The van der Waals surface area contributed by atoms with E-state index in [0.717, 1.165) is 50.1 Å². The van der Waals surface area contributed by atoms with Crippen molar-refractivity contribution in [3.05, 3.63) is 12.5 Å². The average molecular weight is 247 g/mol. The summed E-state index contributed by atoms with van der Waals surface area (Å²) in [6, 6.07) is 0. The Morgan fingerprint density at radius 2 is 2.22 bits per heavy atom. The van der Waals surface area contributed by atoms with Gasteiger partial charge in [0, 0.05) is 32.9 Å². The minimum absolute atomic E-state index is 0.725. The molecule has 7 nitrogen and oxygen atoms in total. The summed E-state index contributed by atoms with van der Waals surface area (Å²) in [5, 5.41) is 10.6. The van der Waals surface area contributed by atoms with Crippen molar-refractivity contribution < 1.29 is 0 Å². The molecule has 0 aromatic carbocycles. The van der Waals surface area contributed by atoms with Gasteiger partial charge in [-0.15, -0.1) is 5.10 Å². The summed E-state index contributed by atoms with van der Waals surface area (Å²) in [5.74, 6) is 1.49. The van der Waals surface area contributed by atoms with E-state index in [-0.39, 0.29) is 0 Å². The molecule has 1 saturated heterocycles. The van der Waals surface area contributed by atoms with Crippen LogP contribution in [0, 0.1) is 0 Å². The van der Waals surface area contributed by atoms with Crippen LogP contribution in [0.1, 0.15) is 6.42 Å². The summed E-state index contributed by atoms with van der Waals surface area (Å²) in [4.78, 5) is 11.0. The van der Waals surface area contributed by atoms with Crippen molar-refractivity contribution in [2.75, 3.05) is 31.1 Å². The van der Waals surface area contributed by atoms with Gasteiger partial charge in [-0.1, -0.05) is 0 Å². The third-order valence-corrected chi connectivity index (χ3v) is 3.04. The summed E-state index contributed by atoms with van der Waals surface area (Å²) in [7, 11) is 1.94. The van der Waals surface area contributed by atoms with Crippen LogP contribution in [0.25, 0.3) is 11.5 Å². The maximum atomic E-state index is 4.51. The average Bonchev–Trinajstić information content (AvgIpc) is 2.92. The quantitative estimate of drug-likeness (QED) is 0.781. The summed E-state index contributed by atoms with van der Waals surface area (Å²) >= 11 is 0. The fourth-order valence-electron chi connectivity index (χ4n) is 2.09. The molecule has 2 N–H and O–H groups in total. The first kappa shape index (κ1) is 11.2. The molecule has 0 bridgehead atoms. The number of imidazole rings is 1. The molecule has 0 atom stereocenters. The first-order valence-electron chi connectivity index (χ1n) is 6.19.